The van der Waals surface area contributed by atoms with Gasteiger partial charge in [-0.25, -0.2) is 0 Å². The van der Waals surface area contributed by atoms with Crippen LogP contribution in [0.2, 0.25) is 5.02 Å². The third kappa shape index (κ3) is 2.90. The molecule has 2 nitrogen and oxygen atoms in total. The normalized spacial score (nSPS) is 18.6. The van der Waals surface area contributed by atoms with Crippen LogP contribution in [0, 0.1) is 0 Å². The second-order valence-corrected chi connectivity index (χ2v) is 6.35. The van der Waals surface area contributed by atoms with Crippen molar-refractivity contribution < 1.29 is 4.74 Å². The Morgan fingerprint density at radius 3 is 2.37 bits per heavy atom. The molecular formula is C16H24ClNO. The first-order valence-corrected chi connectivity index (χ1v) is 7.52. The van der Waals surface area contributed by atoms with E-state index in [1.54, 1.807) is 7.11 Å². The van der Waals surface area contributed by atoms with Gasteiger partial charge in [0.2, 0.25) is 0 Å². The molecule has 1 aliphatic carbocycles. The molecule has 0 saturated heterocycles. The van der Waals surface area contributed by atoms with Crippen molar-refractivity contribution >= 4 is 11.6 Å². The molecule has 1 saturated carbocycles. The average molecular weight is 282 g/mol. The van der Waals surface area contributed by atoms with E-state index < -0.39 is 0 Å². The molecule has 2 rings (SSSR count). The van der Waals surface area contributed by atoms with E-state index in [4.69, 9.17) is 22.1 Å². The van der Waals surface area contributed by atoms with Crippen LogP contribution >= 0.6 is 11.6 Å². The highest BCUT2D eigenvalue weighted by Gasteiger charge is 2.33. The van der Waals surface area contributed by atoms with E-state index >= 15 is 0 Å². The van der Waals surface area contributed by atoms with E-state index in [-0.39, 0.29) is 5.54 Å². The van der Waals surface area contributed by atoms with E-state index in [0.29, 0.717) is 5.92 Å². The van der Waals surface area contributed by atoms with Crippen molar-refractivity contribution in [3.63, 3.8) is 0 Å². The molecule has 1 aromatic rings. The van der Waals surface area contributed by atoms with Gasteiger partial charge in [-0.3, -0.25) is 0 Å². The lowest BCUT2D eigenvalue weighted by molar-refractivity contribution is 0.289. The smallest absolute Gasteiger partial charge is 0.124 e. The maximum absolute atomic E-state index is 6.61. The van der Waals surface area contributed by atoms with E-state index in [9.17, 15) is 0 Å². The van der Waals surface area contributed by atoms with E-state index in [0.717, 1.165) is 34.7 Å². The minimum Gasteiger partial charge on any atom is -0.496 e. The molecule has 0 radical (unpaired) electrons. The Hall–Kier alpha value is -0.730. The number of rotatable bonds is 3. The number of hydrogen-bond donors (Lipinski definition) is 1. The number of ether oxygens (including phenoxy) is 1. The Morgan fingerprint density at radius 1 is 1.21 bits per heavy atom. The number of benzene rings is 1. The van der Waals surface area contributed by atoms with Gasteiger partial charge in [0.1, 0.15) is 5.75 Å². The van der Waals surface area contributed by atoms with Crippen LogP contribution in [-0.4, -0.2) is 7.11 Å². The van der Waals surface area contributed by atoms with Crippen LogP contribution in [0.5, 0.6) is 5.75 Å². The number of hydrogen-bond acceptors (Lipinski definition) is 2. The van der Waals surface area contributed by atoms with Crippen molar-refractivity contribution in [2.75, 3.05) is 7.11 Å². The predicted octanol–water partition coefficient (Wildman–Crippen LogP) is 4.59. The summed E-state index contributed by atoms with van der Waals surface area (Å²) in [6, 6.07) is 4.09. The van der Waals surface area contributed by atoms with Crippen molar-refractivity contribution in [3.05, 3.63) is 28.3 Å². The van der Waals surface area contributed by atoms with Crippen LogP contribution in [0.3, 0.4) is 0 Å². The standard InChI is InChI=1S/C16H24ClNO/c1-11(2)12-9-15(19-3)13(10-14(12)17)16(18)7-5-4-6-8-16/h9-11H,4-8,18H2,1-3H3. The van der Waals surface area contributed by atoms with Crippen LogP contribution in [0.1, 0.15) is 63.0 Å². The summed E-state index contributed by atoms with van der Waals surface area (Å²) < 4.78 is 5.57. The minimum absolute atomic E-state index is 0.275. The fraction of sp³-hybridized carbons (Fsp3) is 0.625. The summed E-state index contributed by atoms with van der Waals surface area (Å²) in [6.07, 6.45) is 5.67. The zero-order chi connectivity index (χ0) is 14.0. The monoisotopic (exact) mass is 281 g/mol. The third-order valence-electron chi connectivity index (χ3n) is 4.22. The largest absolute Gasteiger partial charge is 0.496 e. The Kier molecular flexibility index (Phi) is 4.42. The number of nitrogens with two attached hydrogens (primary N) is 1. The van der Waals surface area contributed by atoms with Crippen LogP contribution in [-0.2, 0) is 5.54 Å². The van der Waals surface area contributed by atoms with Gasteiger partial charge in [-0.05, 0) is 36.5 Å². The highest BCUT2D eigenvalue weighted by atomic mass is 35.5. The lowest BCUT2D eigenvalue weighted by Gasteiger charge is -2.35. The molecule has 1 aromatic carbocycles. The quantitative estimate of drug-likeness (QED) is 0.879. The fourth-order valence-corrected chi connectivity index (χ4v) is 3.40. The highest BCUT2D eigenvalue weighted by molar-refractivity contribution is 6.31. The van der Waals surface area contributed by atoms with Gasteiger partial charge < -0.3 is 10.5 Å². The molecule has 0 aliphatic heterocycles. The zero-order valence-electron chi connectivity index (χ0n) is 12.1. The van der Waals surface area contributed by atoms with Crippen LogP contribution in [0.4, 0.5) is 0 Å². The first-order valence-electron chi connectivity index (χ1n) is 7.15. The van der Waals surface area contributed by atoms with Crippen molar-refractivity contribution in [1.29, 1.82) is 0 Å². The van der Waals surface area contributed by atoms with Gasteiger partial charge in [0.05, 0.1) is 7.11 Å². The molecule has 19 heavy (non-hydrogen) atoms. The molecule has 0 spiro atoms. The molecular weight excluding hydrogens is 258 g/mol. The Balaban J connectivity index is 2.47. The summed E-state index contributed by atoms with van der Waals surface area (Å²) in [5, 5.41) is 0.807. The lowest BCUT2D eigenvalue weighted by atomic mass is 9.76. The lowest BCUT2D eigenvalue weighted by Crippen LogP contribution is -2.39. The average Bonchev–Trinajstić information content (AvgIpc) is 2.39. The van der Waals surface area contributed by atoms with E-state index in [1.165, 1.54) is 19.3 Å². The molecule has 2 N–H and O–H groups in total. The highest BCUT2D eigenvalue weighted by Crippen LogP contribution is 2.42. The van der Waals surface area contributed by atoms with Gasteiger partial charge in [0.25, 0.3) is 0 Å². The summed E-state index contributed by atoms with van der Waals surface area (Å²) in [6.45, 7) is 4.28. The Labute approximate surface area is 121 Å². The van der Waals surface area contributed by atoms with Gasteiger partial charge in [-0.15, -0.1) is 0 Å². The van der Waals surface area contributed by atoms with Crippen molar-refractivity contribution in [1.82, 2.24) is 0 Å². The Bertz CT molecular complexity index is 450. The predicted molar refractivity (Wildman–Crippen MR) is 81.0 cm³/mol. The minimum atomic E-state index is -0.275. The second kappa shape index (κ2) is 5.72. The molecule has 0 heterocycles. The van der Waals surface area contributed by atoms with E-state index in [1.807, 2.05) is 6.07 Å². The molecule has 3 heteroatoms. The first kappa shape index (κ1) is 14.7. The number of methoxy groups -OCH3 is 1. The molecule has 106 valence electrons. The summed E-state index contributed by atoms with van der Waals surface area (Å²) in [4.78, 5) is 0. The van der Waals surface area contributed by atoms with Crippen LogP contribution in [0.25, 0.3) is 0 Å². The van der Waals surface area contributed by atoms with Crippen LogP contribution < -0.4 is 10.5 Å². The molecule has 0 amide bonds. The molecule has 1 fully saturated rings. The maximum atomic E-state index is 6.61. The fourth-order valence-electron chi connectivity index (χ4n) is 3.02. The summed E-state index contributed by atoms with van der Waals surface area (Å²) in [5.41, 5.74) is 8.54. The topological polar surface area (TPSA) is 35.2 Å². The Morgan fingerprint density at radius 2 is 1.84 bits per heavy atom. The van der Waals surface area contributed by atoms with Gasteiger partial charge in [-0.2, -0.15) is 0 Å². The molecule has 0 bridgehead atoms. The van der Waals surface area contributed by atoms with Crippen LogP contribution in [0.15, 0.2) is 12.1 Å². The van der Waals surface area contributed by atoms with Gasteiger partial charge in [0.15, 0.2) is 0 Å². The molecule has 0 atom stereocenters. The van der Waals surface area contributed by atoms with Crippen molar-refractivity contribution in [2.24, 2.45) is 5.73 Å². The first-order chi connectivity index (χ1) is 8.98. The van der Waals surface area contributed by atoms with Gasteiger partial charge in [0, 0.05) is 16.1 Å². The maximum Gasteiger partial charge on any atom is 0.124 e. The van der Waals surface area contributed by atoms with Gasteiger partial charge in [-0.1, -0.05) is 44.7 Å². The van der Waals surface area contributed by atoms with Crippen molar-refractivity contribution in [3.8, 4) is 5.75 Å². The summed E-state index contributed by atoms with van der Waals surface area (Å²) in [7, 11) is 1.71. The van der Waals surface area contributed by atoms with Gasteiger partial charge >= 0.3 is 0 Å². The molecule has 1 aliphatic rings. The summed E-state index contributed by atoms with van der Waals surface area (Å²) >= 11 is 6.42. The zero-order valence-corrected chi connectivity index (χ0v) is 12.9. The second-order valence-electron chi connectivity index (χ2n) is 5.95. The van der Waals surface area contributed by atoms with Crippen molar-refractivity contribution in [2.45, 2.75) is 57.4 Å². The third-order valence-corrected chi connectivity index (χ3v) is 4.55. The number of halogens is 1. The van der Waals surface area contributed by atoms with E-state index in [2.05, 4.69) is 19.9 Å². The SMILES string of the molecule is COc1cc(C(C)C)c(Cl)cc1C1(N)CCCCC1. The molecule has 0 aromatic heterocycles. The summed E-state index contributed by atoms with van der Waals surface area (Å²) in [5.74, 6) is 1.27. The molecule has 0 unspecified atom stereocenters.